The maximum absolute atomic E-state index is 12.4. The highest BCUT2D eigenvalue weighted by Gasteiger charge is 2.40. The third-order valence-corrected chi connectivity index (χ3v) is 4.43. The summed E-state index contributed by atoms with van der Waals surface area (Å²) in [4.78, 5) is 14.7. The number of rotatable bonds is 6. The number of anilines is 2. The third kappa shape index (κ3) is 3.97. The average molecular weight is 291 g/mol. The second-order valence-electron chi connectivity index (χ2n) is 6.52. The second-order valence-corrected chi connectivity index (χ2v) is 6.52. The molecule has 1 amide bonds. The van der Waals surface area contributed by atoms with Crippen molar-refractivity contribution in [3.05, 3.63) is 24.3 Å². The molecule has 0 aliphatic rings. The Kier molecular flexibility index (Phi) is 5.40. The molecule has 0 radical (unpaired) electrons. The molecule has 0 spiro atoms. The van der Waals surface area contributed by atoms with Crippen molar-refractivity contribution >= 4 is 17.3 Å². The van der Waals surface area contributed by atoms with E-state index in [1.807, 2.05) is 52.0 Å². The molecule has 4 heteroatoms. The predicted molar refractivity (Wildman–Crippen MR) is 90.7 cm³/mol. The molecule has 1 aromatic rings. The van der Waals surface area contributed by atoms with Crippen molar-refractivity contribution in [2.45, 2.75) is 47.1 Å². The number of hydrogen-bond donors (Lipinski definition) is 2. The summed E-state index contributed by atoms with van der Waals surface area (Å²) in [5, 5.41) is 2.95. The van der Waals surface area contributed by atoms with Gasteiger partial charge in [0.05, 0.1) is 5.41 Å². The van der Waals surface area contributed by atoms with E-state index in [1.165, 1.54) is 0 Å². The number of benzene rings is 1. The standard InChI is InChI=1S/C17H29N3O/c1-7-20(8-2)14-11-9-13(10-12-14)19-15(21)16(3,4)17(5,6)18/h9-12H,7-8,18H2,1-6H3,(H,19,21). The third-order valence-electron chi connectivity index (χ3n) is 4.43. The fourth-order valence-corrected chi connectivity index (χ4v) is 1.92. The summed E-state index contributed by atoms with van der Waals surface area (Å²) in [6.45, 7) is 13.7. The molecule has 0 fully saturated rings. The van der Waals surface area contributed by atoms with E-state index in [4.69, 9.17) is 5.73 Å². The molecule has 0 heterocycles. The number of nitrogens with zero attached hydrogens (tertiary/aromatic N) is 1. The van der Waals surface area contributed by atoms with Gasteiger partial charge in [-0.3, -0.25) is 4.79 Å². The summed E-state index contributed by atoms with van der Waals surface area (Å²) in [6.07, 6.45) is 0. The summed E-state index contributed by atoms with van der Waals surface area (Å²) in [5.41, 5.74) is 6.83. The molecule has 0 saturated carbocycles. The molecule has 118 valence electrons. The Morgan fingerprint density at radius 3 is 1.95 bits per heavy atom. The normalized spacial score (nSPS) is 12.1. The molecule has 1 rings (SSSR count). The molecular weight excluding hydrogens is 262 g/mol. The van der Waals surface area contributed by atoms with E-state index in [9.17, 15) is 4.79 Å². The van der Waals surface area contributed by atoms with Crippen LogP contribution in [0.25, 0.3) is 0 Å². The molecule has 0 bridgehead atoms. The van der Waals surface area contributed by atoms with Gasteiger partial charge in [0.15, 0.2) is 0 Å². The predicted octanol–water partition coefficient (Wildman–Crippen LogP) is 3.23. The van der Waals surface area contributed by atoms with Gasteiger partial charge >= 0.3 is 0 Å². The fourth-order valence-electron chi connectivity index (χ4n) is 1.92. The minimum Gasteiger partial charge on any atom is -0.372 e. The van der Waals surface area contributed by atoms with Crippen LogP contribution in [0.15, 0.2) is 24.3 Å². The van der Waals surface area contributed by atoms with Gasteiger partial charge in [0.2, 0.25) is 5.91 Å². The van der Waals surface area contributed by atoms with Crippen LogP contribution in [-0.2, 0) is 4.79 Å². The summed E-state index contributed by atoms with van der Waals surface area (Å²) in [6, 6.07) is 7.93. The lowest BCUT2D eigenvalue weighted by Gasteiger charge is -2.36. The Morgan fingerprint density at radius 2 is 1.57 bits per heavy atom. The lowest BCUT2D eigenvalue weighted by atomic mass is 9.74. The van der Waals surface area contributed by atoms with E-state index in [1.54, 1.807) is 0 Å². The zero-order valence-electron chi connectivity index (χ0n) is 14.2. The van der Waals surface area contributed by atoms with Crippen molar-refractivity contribution < 1.29 is 4.79 Å². The number of hydrogen-bond acceptors (Lipinski definition) is 3. The first-order valence-corrected chi connectivity index (χ1v) is 7.58. The molecular formula is C17H29N3O. The average Bonchev–Trinajstić information content (AvgIpc) is 2.40. The van der Waals surface area contributed by atoms with Gasteiger partial charge in [-0.05, 0) is 65.8 Å². The van der Waals surface area contributed by atoms with Crippen LogP contribution in [0.5, 0.6) is 0 Å². The Labute approximate surface area is 128 Å². The highest BCUT2D eigenvalue weighted by Crippen LogP contribution is 2.30. The summed E-state index contributed by atoms with van der Waals surface area (Å²) in [5.74, 6) is -0.0643. The minimum atomic E-state index is -0.648. The molecule has 0 aromatic heterocycles. The van der Waals surface area contributed by atoms with Gasteiger partial charge in [-0.2, -0.15) is 0 Å². The van der Waals surface area contributed by atoms with E-state index >= 15 is 0 Å². The zero-order chi connectivity index (χ0) is 16.3. The van der Waals surface area contributed by atoms with Crippen LogP contribution in [0.2, 0.25) is 0 Å². The van der Waals surface area contributed by atoms with E-state index in [2.05, 4.69) is 24.1 Å². The van der Waals surface area contributed by atoms with E-state index in [-0.39, 0.29) is 5.91 Å². The topological polar surface area (TPSA) is 58.4 Å². The summed E-state index contributed by atoms with van der Waals surface area (Å²) < 4.78 is 0. The molecule has 0 aliphatic heterocycles. The largest absolute Gasteiger partial charge is 0.372 e. The number of nitrogens with two attached hydrogens (primary N) is 1. The van der Waals surface area contributed by atoms with Gasteiger partial charge in [0.25, 0.3) is 0 Å². The maximum atomic E-state index is 12.4. The van der Waals surface area contributed by atoms with Crippen LogP contribution in [0.3, 0.4) is 0 Å². The van der Waals surface area contributed by atoms with Crippen LogP contribution in [-0.4, -0.2) is 24.5 Å². The molecule has 0 aliphatic carbocycles. The Balaban J connectivity index is 2.83. The molecule has 3 N–H and O–H groups in total. The summed E-state index contributed by atoms with van der Waals surface area (Å²) in [7, 11) is 0. The van der Waals surface area contributed by atoms with Gasteiger partial charge in [-0.1, -0.05) is 0 Å². The second kappa shape index (κ2) is 6.48. The molecule has 0 unspecified atom stereocenters. The van der Waals surface area contributed by atoms with E-state index in [0.717, 1.165) is 24.5 Å². The molecule has 1 aromatic carbocycles. The minimum absolute atomic E-state index is 0.0643. The van der Waals surface area contributed by atoms with Gasteiger partial charge in [0, 0.05) is 30.0 Å². The molecule has 4 nitrogen and oxygen atoms in total. The van der Waals surface area contributed by atoms with Crippen LogP contribution >= 0.6 is 0 Å². The lowest BCUT2D eigenvalue weighted by Crippen LogP contribution is -2.53. The monoisotopic (exact) mass is 291 g/mol. The van der Waals surface area contributed by atoms with Crippen molar-refractivity contribution in [1.29, 1.82) is 0 Å². The molecule has 0 atom stereocenters. The van der Waals surface area contributed by atoms with Crippen LogP contribution in [0.4, 0.5) is 11.4 Å². The Morgan fingerprint density at radius 1 is 1.10 bits per heavy atom. The smallest absolute Gasteiger partial charge is 0.231 e. The van der Waals surface area contributed by atoms with E-state index in [0.29, 0.717) is 0 Å². The highest BCUT2D eigenvalue weighted by atomic mass is 16.2. The van der Waals surface area contributed by atoms with Gasteiger partial charge in [-0.25, -0.2) is 0 Å². The summed E-state index contributed by atoms with van der Waals surface area (Å²) >= 11 is 0. The van der Waals surface area contributed by atoms with Gasteiger partial charge in [0.1, 0.15) is 0 Å². The fraction of sp³-hybridized carbons (Fsp3) is 0.588. The number of nitrogens with one attached hydrogen (secondary N) is 1. The molecule has 0 saturated heterocycles. The maximum Gasteiger partial charge on any atom is 0.231 e. The first-order chi connectivity index (χ1) is 9.63. The number of carbonyl (C=O) groups excluding carboxylic acids is 1. The van der Waals surface area contributed by atoms with E-state index < -0.39 is 11.0 Å². The van der Waals surface area contributed by atoms with Gasteiger partial charge < -0.3 is 16.0 Å². The quantitative estimate of drug-likeness (QED) is 0.846. The van der Waals surface area contributed by atoms with Crippen molar-refractivity contribution in [3.63, 3.8) is 0 Å². The first-order valence-electron chi connectivity index (χ1n) is 7.58. The zero-order valence-corrected chi connectivity index (χ0v) is 14.2. The highest BCUT2D eigenvalue weighted by molar-refractivity contribution is 5.95. The Bertz CT molecular complexity index is 468. The Hall–Kier alpha value is -1.55. The van der Waals surface area contributed by atoms with Crippen LogP contribution < -0.4 is 16.0 Å². The van der Waals surface area contributed by atoms with Crippen LogP contribution in [0, 0.1) is 5.41 Å². The SMILES string of the molecule is CCN(CC)c1ccc(NC(=O)C(C)(C)C(C)(C)N)cc1. The molecule has 21 heavy (non-hydrogen) atoms. The first kappa shape index (κ1) is 17.5. The van der Waals surface area contributed by atoms with Crippen LogP contribution in [0.1, 0.15) is 41.5 Å². The number of carbonyl (C=O) groups is 1. The van der Waals surface area contributed by atoms with Crippen molar-refractivity contribution in [1.82, 2.24) is 0 Å². The van der Waals surface area contributed by atoms with Crippen molar-refractivity contribution in [2.24, 2.45) is 11.1 Å². The lowest BCUT2D eigenvalue weighted by molar-refractivity contribution is -0.126. The van der Waals surface area contributed by atoms with Crippen molar-refractivity contribution in [2.75, 3.05) is 23.3 Å². The van der Waals surface area contributed by atoms with Crippen molar-refractivity contribution in [3.8, 4) is 0 Å². The number of amides is 1. The van der Waals surface area contributed by atoms with Gasteiger partial charge in [-0.15, -0.1) is 0 Å².